The van der Waals surface area contributed by atoms with Crippen molar-refractivity contribution in [2.45, 2.75) is 19.9 Å². The second kappa shape index (κ2) is 5.71. The Morgan fingerprint density at radius 2 is 2.26 bits per heavy atom. The molecule has 0 aliphatic rings. The molecule has 1 aromatic heterocycles. The molecule has 0 saturated carbocycles. The van der Waals surface area contributed by atoms with Crippen LogP contribution in [0.15, 0.2) is 27.4 Å². The smallest absolute Gasteiger partial charge is 0.419 e. The van der Waals surface area contributed by atoms with E-state index in [1.165, 1.54) is 0 Å². The summed E-state index contributed by atoms with van der Waals surface area (Å²) in [4.78, 5) is 21.8. The second-order valence-electron chi connectivity index (χ2n) is 4.11. The van der Waals surface area contributed by atoms with Crippen molar-refractivity contribution in [3.8, 4) is 0 Å². The van der Waals surface area contributed by atoms with E-state index in [0.717, 1.165) is 11.1 Å². The van der Waals surface area contributed by atoms with Gasteiger partial charge in [-0.05, 0) is 31.0 Å². The summed E-state index contributed by atoms with van der Waals surface area (Å²) in [6.45, 7) is 2.46. The molecular weight excluding hydrogens is 250 g/mol. The fourth-order valence-electron chi connectivity index (χ4n) is 1.92. The molecule has 0 amide bonds. The van der Waals surface area contributed by atoms with E-state index in [9.17, 15) is 9.59 Å². The molecule has 1 heterocycles. The lowest BCUT2D eigenvalue weighted by atomic mass is 10.1. The monoisotopic (exact) mass is 265 g/mol. The molecule has 1 N–H and O–H groups in total. The Balaban J connectivity index is 2.09. The van der Waals surface area contributed by atoms with E-state index in [4.69, 9.17) is 14.3 Å². The number of nitrogens with zero attached hydrogens (tertiary/aromatic N) is 1. The molecule has 2 rings (SSSR count). The number of hydrogen-bond acceptors (Lipinski definition) is 4. The van der Waals surface area contributed by atoms with E-state index in [-0.39, 0.29) is 12.4 Å². The van der Waals surface area contributed by atoms with Gasteiger partial charge in [0.2, 0.25) is 0 Å². The summed E-state index contributed by atoms with van der Waals surface area (Å²) in [6, 6.07) is 5.50. The number of rotatable bonds is 6. The van der Waals surface area contributed by atoms with Crippen LogP contribution in [0, 0.1) is 0 Å². The first kappa shape index (κ1) is 13.4. The maximum absolute atomic E-state index is 11.5. The minimum absolute atomic E-state index is 0.302. The number of aliphatic carboxylic acids is 1. The number of oxazole rings is 1. The maximum Gasteiger partial charge on any atom is 0.419 e. The molecule has 0 atom stereocenters. The highest BCUT2D eigenvalue weighted by atomic mass is 16.5. The van der Waals surface area contributed by atoms with E-state index in [1.807, 2.05) is 19.1 Å². The Morgan fingerprint density at radius 3 is 2.95 bits per heavy atom. The molecule has 0 unspecified atom stereocenters. The first-order valence-electron chi connectivity index (χ1n) is 6.03. The molecule has 0 radical (unpaired) electrons. The topological polar surface area (TPSA) is 81.7 Å². The predicted octanol–water partition coefficient (Wildman–Crippen LogP) is 1.26. The fourth-order valence-corrected chi connectivity index (χ4v) is 1.92. The van der Waals surface area contributed by atoms with Gasteiger partial charge in [-0.3, -0.25) is 4.57 Å². The van der Waals surface area contributed by atoms with Crippen LogP contribution in [-0.4, -0.2) is 28.9 Å². The van der Waals surface area contributed by atoms with E-state index in [1.54, 1.807) is 10.6 Å². The lowest BCUT2D eigenvalue weighted by Gasteiger charge is -2.02. The summed E-state index contributed by atoms with van der Waals surface area (Å²) in [6.07, 6.45) is 0.574. The highest BCUT2D eigenvalue weighted by Crippen LogP contribution is 2.15. The molecule has 0 spiro atoms. The van der Waals surface area contributed by atoms with Crippen molar-refractivity contribution in [2.24, 2.45) is 0 Å². The highest BCUT2D eigenvalue weighted by molar-refractivity contribution is 5.73. The molecule has 0 aliphatic heterocycles. The fraction of sp³-hybridized carbons (Fsp3) is 0.385. The standard InChI is InChI=1S/C13H15NO5/c1-2-14-10-4-3-9(5-6-18-8-12(15)16)7-11(10)19-13(14)17/h3-4,7H,2,5-6,8H2,1H3,(H,15,16). The van der Waals surface area contributed by atoms with Gasteiger partial charge in [0.1, 0.15) is 6.61 Å². The number of fused-ring (bicyclic) bond motifs is 1. The van der Waals surface area contributed by atoms with Crippen LogP contribution >= 0.6 is 0 Å². The number of benzene rings is 1. The van der Waals surface area contributed by atoms with Gasteiger partial charge in [0.25, 0.3) is 0 Å². The number of carboxylic acids is 1. The van der Waals surface area contributed by atoms with Crippen molar-refractivity contribution in [3.05, 3.63) is 34.3 Å². The third-order valence-electron chi connectivity index (χ3n) is 2.81. The Labute approximate surface area is 109 Å². The molecule has 6 heteroatoms. The molecule has 0 saturated heterocycles. The third kappa shape index (κ3) is 3.03. The summed E-state index contributed by atoms with van der Waals surface area (Å²) in [5.74, 6) is -1.35. The van der Waals surface area contributed by atoms with E-state index in [2.05, 4.69) is 0 Å². The zero-order valence-electron chi connectivity index (χ0n) is 10.6. The van der Waals surface area contributed by atoms with Crippen molar-refractivity contribution < 1.29 is 19.1 Å². The van der Waals surface area contributed by atoms with Gasteiger partial charge in [-0.2, -0.15) is 0 Å². The minimum Gasteiger partial charge on any atom is -0.480 e. The van der Waals surface area contributed by atoms with Crippen molar-refractivity contribution in [1.29, 1.82) is 0 Å². The summed E-state index contributed by atoms with van der Waals surface area (Å²) >= 11 is 0. The van der Waals surface area contributed by atoms with Crippen LogP contribution in [0.25, 0.3) is 11.1 Å². The Bertz CT molecular complexity index is 640. The quantitative estimate of drug-likeness (QED) is 0.795. The van der Waals surface area contributed by atoms with Crippen LogP contribution in [0.5, 0.6) is 0 Å². The molecular formula is C13H15NO5. The van der Waals surface area contributed by atoms with Crippen LogP contribution < -0.4 is 5.76 Å². The minimum atomic E-state index is -0.985. The summed E-state index contributed by atoms with van der Waals surface area (Å²) < 4.78 is 11.7. The summed E-state index contributed by atoms with van der Waals surface area (Å²) in [5.41, 5.74) is 2.25. The lowest BCUT2D eigenvalue weighted by Crippen LogP contribution is -2.11. The van der Waals surface area contributed by atoms with Crippen LogP contribution in [0.2, 0.25) is 0 Å². The SMILES string of the molecule is CCn1c(=O)oc2cc(CCOCC(=O)O)ccc21. The summed E-state index contributed by atoms with van der Waals surface area (Å²) in [5, 5.41) is 8.43. The third-order valence-corrected chi connectivity index (χ3v) is 2.81. The van der Waals surface area contributed by atoms with Crippen LogP contribution in [0.1, 0.15) is 12.5 Å². The van der Waals surface area contributed by atoms with Gasteiger partial charge in [0, 0.05) is 6.54 Å². The molecule has 2 aromatic rings. The lowest BCUT2D eigenvalue weighted by molar-refractivity contribution is -0.142. The molecule has 1 aromatic carbocycles. The van der Waals surface area contributed by atoms with Crippen LogP contribution in [0.3, 0.4) is 0 Å². The second-order valence-corrected chi connectivity index (χ2v) is 4.11. The van der Waals surface area contributed by atoms with Gasteiger partial charge in [-0.15, -0.1) is 0 Å². The van der Waals surface area contributed by atoms with Gasteiger partial charge in [-0.1, -0.05) is 6.07 Å². The van der Waals surface area contributed by atoms with Crippen molar-refractivity contribution in [3.63, 3.8) is 0 Å². The first-order chi connectivity index (χ1) is 9.11. The molecule has 19 heavy (non-hydrogen) atoms. The number of carbonyl (C=O) groups is 1. The van der Waals surface area contributed by atoms with E-state index < -0.39 is 5.97 Å². The number of hydrogen-bond donors (Lipinski definition) is 1. The number of carboxylic acid groups (broad SMARTS) is 1. The summed E-state index contributed by atoms with van der Waals surface area (Å²) in [7, 11) is 0. The Kier molecular flexibility index (Phi) is 4.01. The van der Waals surface area contributed by atoms with E-state index >= 15 is 0 Å². The van der Waals surface area contributed by atoms with Gasteiger partial charge < -0.3 is 14.3 Å². The predicted molar refractivity (Wildman–Crippen MR) is 68.3 cm³/mol. The average Bonchev–Trinajstić information content (AvgIpc) is 2.68. The van der Waals surface area contributed by atoms with Crippen molar-refractivity contribution in [1.82, 2.24) is 4.57 Å². The normalized spacial score (nSPS) is 11.0. The van der Waals surface area contributed by atoms with Gasteiger partial charge in [0.05, 0.1) is 12.1 Å². The van der Waals surface area contributed by atoms with Crippen molar-refractivity contribution in [2.75, 3.05) is 13.2 Å². The Hall–Kier alpha value is -2.08. The largest absolute Gasteiger partial charge is 0.480 e. The van der Waals surface area contributed by atoms with Crippen LogP contribution in [0.4, 0.5) is 0 Å². The number of ether oxygens (including phenoxy) is 1. The molecule has 102 valence electrons. The molecule has 0 aliphatic carbocycles. The van der Waals surface area contributed by atoms with Gasteiger partial charge in [0.15, 0.2) is 5.58 Å². The number of aromatic nitrogens is 1. The highest BCUT2D eigenvalue weighted by Gasteiger charge is 2.08. The first-order valence-corrected chi connectivity index (χ1v) is 6.03. The Morgan fingerprint density at radius 1 is 1.47 bits per heavy atom. The van der Waals surface area contributed by atoms with Crippen molar-refractivity contribution >= 4 is 17.1 Å². The van der Waals surface area contributed by atoms with Gasteiger partial charge in [-0.25, -0.2) is 9.59 Å². The maximum atomic E-state index is 11.5. The van der Waals surface area contributed by atoms with E-state index in [0.29, 0.717) is 25.2 Å². The zero-order chi connectivity index (χ0) is 13.8. The molecule has 0 bridgehead atoms. The molecule has 6 nitrogen and oxygen atoms in total. The molecule has 0 fully saturated rings. The zero-order valence-corrected chi connectivity index (χ0v) is 10.6. The van der Waals surface area contributed by atoms with Crippen LogP contribution in [-0.2, 0) is 22.5 Å². The van der Waals surface area contributed by atoms with Gasteiger partial charge >= 0.3 is 11.7 Å². The average molecular weight is 265 g/mol. The number of aryl methyl sites for hydroxylation is 1.